The van der Waals surface area contributed by atoms with Crippen LogP contribution in [0.1, 0.15) is 54.8 Å². The first kappa shape index (κ1) is 21.2. The Kier molecular flexibility index (Phi) is 5.88. The third-order valence-electron chi connectivity index (χ3n) is 6.34. The molecule has 0 aliphatic carbocycles. The van der Waals surface area contributed by atoms with Gasteiger partial charge in [0.2, 0.25) is 0 Å². The average Bonchev–Trinajstić information content (AvgIpc) is 3.27. The lowest BCUT2D eigenvalue weighted by atomic mass is 9.71. The fraction of sp³-hybridized carbons (Fsp3) is 0.440. The lowest BCUT2D eigenvalue weighted by Gasteiger charge is -2.45. The Morgan fingerprint density at radius 3 is 2.77 bits per heavy atom. The number of fused-ring (bicyclic) bond motifs is 3. The molecule has 2 aromatic carbocycles. The number of carbonyl (C=O) groups excluding carboxylic acids is 1. The van der Waals surface area contributed by atoms with Gasteiger partial charge in [-0.3, -0.25) is 4.79 Å². The molecular weight excluding hydrogens is 390 g/mol. The Labute approximate surface area is 183 Å². The van der Waals surface area contributed by atoms with Crippen molar-refractivity contribution >= 4 is 11.6 Å². The summed E-state index contributed by atoms with van der Waals surface area (Å²) in [6.45, 7) is 8.12. The Hall–Kier alpha value is -3.04. The Balaban J connectivity index is 1.47. The van der Waals surface area contributed by atoms with E-state index in [4.69, 9.17) is 9.47 Å². The van der Waals surface area contributed by atoms with Gasteiger partial charge in [-0.1, -0.05) is 13.8 Å². The van der Waals surface area contributed by atoms with Gasteiger partial charge in [-0.05, 0) is 55.8 Å². The summed E-state index contributed by atoms with van der Waals surface area (Å²) in [6, 6.07) is 15.3. The molecule has 3 atom stereocenters. The van der Waals surface area contributed by atoms with Crippen molar-refractivity contribution in [2.24, 2.45) is 11.3 Å². The summed E-state index contributed by atoms with van der Waals surface area (Å²) in [5.41, 5.74) is 3.14. The first-order valence-electron chi connectivity index (χ1n) is 10.9. The minimum absolute atomic E-state index is 0.0179. The van der Waals surface area contributed by atoms with Gasteiger partial charge in [-0.2, -0.15) is 5.26 Å². The van der Waals surface area contributed by atoms with Crippen LogP contribution in [0, 0.1) is 22.7 Å². The molecule has 31 heavy (non-hydrogen) atoms. The van der Waals surface area contributed by atoms with Crippen LogP contribution in [0.5, 0.6) is 5.75 Å². The first-order valence-corrected chi connectivity index (χ1v) is 10.9. The SMILES string of the molecule is CCOc1ccc(C(=O)NCC(C)(C)C2Nc3ccc(C#N)cc3C3OCCC32)cc1. The maximum absolute atomic E-state index is 12.7. The van der Waals surface area contributed by atoms with Gasteiger partial charge in [-0.15, -0.1) is 0 Å². The monoisotopic (exact) mass is 419 g/mol. The molecule has 6 nitrogen and oxygen atoms in total. The number of benzene rings is 2. The summed E-state index contributed by atoms with van der Waals surface area (Å²) < 4.78 is 11.5. The van der Waals surface area contributed by atoms with E-state index in [1.54, 1.807) is 12.1 Å². The van der Waals surface area contributed by atoms with E-state index in [1.165, 1.54) is 0 Å². The smallest absolute Gasteiger partial charge is 0.251 e. The van der Waals surface area contributed by atoms with Crippen LogP contribution in [-0.2, 0) is 4.74 Å². The van der Waals surface area contributed by atoms with Crippen molar-refractivity contribution in [3.8, 4) is 11.8 Å². The van der Waals surface area contributed by atoms with Gasteiger partial charge in [0.15, 0.2) is 0 Å². The predicted octanol–water partition coefficient (Wildman–Crippen LogP) is 4.28. The molecule has 0 saturated carbocycles. The van der Waals surface area contributed by atoms with Crippen molar-refractivity contribution in [1.29, 1.82) is 5.26 Å². The summed E-state index contributed by atoms with van der Waals surface area (Å²) in [5, 5.41) is 16.1. The molecule has 2 heterocycles. The van der Waals surface area contributed by atoms with Crippen LogP contribution in [0.3, 0.4) is 0 Å². The molecule has 1 fully saturated rings. The number of hydrogen-bond donors (Lipinski definition) is 2. The van der Waals surface area contributed by atoms with Crippen LogP contribution in [0.2, 0.25) is 0 Å². The predicted molar refractivity (Wildman–Crippen MR) is 119 cm³/mol. The van der Waals surface area contributed by atoms with Gasteiger partial charge in [0.05, 0.1) is 24.3 Å². The van der Waals surface area contributed by atoms with Gasteiger partial charge in [0.25, 0.3) is 5.91 Å². The van der Waals surface area contributed by atoms with Crippen LogP contribution >= 0.6 is 0 Å². The third-order valence-corrected chi connectivity index (χ3v) is 6.34. The molecule has 2 aliphatic rings. The van der Waals surface area contributed by atoms with Crippen LogP contribution in [-0.4, -0.2) is 31.7 Å². The molecule has 3 unspecified atom stereocenters. The van der Waals surface area contributed by atoms with E-state index in [9.17, 15) is 10.1 Å². The van der Waals surface area contributed by atoms with E-state index in [0.29, 0.717) is 36.8 Å². The van der Waals surface area contributed by atoms with Gasteiger partial charge in [0.1, 0.15) is 5.75 Å². The normalized spacial score (nSPS) is 21.9. The number of carbonyl (C=O) groups is 1. The number of nitrogens with one attached hydrogen (secondary N) is 2. The van der Waals surface area contributed by atoms with E-state index >= 15 is 0 Å². The van der Waals surface area contributed by atoms with E-state index < -0.39 is 0 Å². The zero-order chi connectivity index (χ0) is 22.0. The summed E-state index contributed by atoms with van der Waals surface area (Å²) in [7, 11) is 0. The van der Waals surface area contributed by atoms with Crippen molar-refractivity contribution in [3.05, 3.63) is 59.2 Å². The fourth-order valence-corrected chi connectivity index (χ4v) is 4.71. The largest absolute Gasteiger partial charge is 0.494 e. The van der Waals surface area contributed by atoms with E-state index in [-0.39, 0.29) is 23.5 Å². The second kappa shape index (κ2) is 8.60. The minimum atomic E-state index is -0.205. The molecule has 4 rings (SSSR count). The van der Waals surface area contributed by atoms with E-state index in [2.05, 4.69) is 30.6 Å². The summed E-state index contributed by atoms with van der Waals surface area (Å²) in [4.78, 5) is 12.7. The molecule has 2 aliphatic heterocycles. The van der Waals surface area contributed by atoms with E-state index in [0.717, 1.165) is 23.4 Å². The number of hydrogen-bond acceptors (Lipinski definition) is 5. The van der Waals surface area contributed by atoms with Crippen molar-refractivity contribution in [1.82, 2.24) is 5.32 Å². The highest BCUT2D eigenvalue weighted by molar-refractivity contribution is 5.94. The number of rotatable bonds is 6. The number of ether oxygens (including phenoxy) is 2. The molecule has 2 aromatic rings. The molecule has 0 radical (unpaired) electrons. The van der Waals surface area contributed by atoms with Crippen LogP contribution in [0.15, 0.2) is 42.5 Å². The van der Waals surface area contributed by atoms with Gasteiger partial charge in [0, 0.05) is 47.3 Å². The number of amides is 1. The molecule has 6 heteroatoms. The molecule has 0 aromatic heterocycles. The van der Waals surface area contributed by atoms with Crippen molar-refractivity contribution in [2.75, 3.05) is 25.1 Å². The van der Waals surface area contributed by atoms with Crippen molar-refractivity contribution in [3.63, 3.8) is 0 Å². The van der Waals surface area contributed by atoms with Crippen LogP contribution in [0.25, 0.3) is 0 Å². The highest BCUT2D eigenvalue weighted by Gasteiger charge is 2.46. The molecule has 162 valence electrons. The molecule has 2 N–H and O–H groups in total. The highest BCUT2D eigenvalue weighted by atomic mass is 16.5. The zero-order valence-corrected chi connectivity index (χ0v) is 18.3. The standard InChI is InChI=1S/C25H29N3O3/c1-4-30-18-8-6-17(7-9-18)24(29)27-15-25(2,3)23-19-11-12-31-22(19)20-13-16(14-26)5-10-21(20)28-23/h5-10,13,19,22-23,28H,4,11-12,15H2,1-3H3,(H,27,29). The maximum Gasteiger partial charge on any atom is 0.251 e. The van der Waals surface area contributed by atoms with Crippen LogP contribution < -0.4 is 15.4 Å². The van der Waals surface area contributed by atoms with E-state index in [1.807, 2.05) is 37.3 Å². The molecule has 0 bridgehead atoms. The van der Waals surface area contributed by atoms with Crippen LogP contribution in [0.4, 0.5) is 5.69 Å². The van der Waals surface area contributed by atoms with Crippen molar-refractivity contribution < 1.29 is 14.3 Å². The maximum atomic E-state index is 12.7. The second-order valence-corrected chi connectivity index (χ2v) is 8.91. The summed E-state index contributed by atoms with van der Waals surface area (Å²) >= 11 is 0. The molecule has 0 spiro atoms. The number of anilines is 1. The first-order chi connectivity index (χ1) is 14.9. The third kappa shape index (κ3) is 4.24. The Morgan fingerprint density at radius 2 is 2.06 bits per heavy atom. The summed E-state index contributed by atoms with van der Waals surface area (Å²) in [5.74, 6) is 0.959. The number of nitrogens with zero attached hydrogens (tertiary/aromatic N) is 1. The molecule has 1 amide bonds. The average molecular weight is 420 g/mol. The minimum Gasteiger partial charge on any atom is -0.494 e. The zero-order valence-electron chi connectivity index (χ0n) is 18.3. The van der Waals surface area contributed by atoms with Crippen molar-refractivity contribution in [2.45, 2.75) is 39.3 Å². The summed E-state index contributed by atoms with van der Waals surface area (Å²) in [6.07, 6.45) is 0.935. The Bertz CT molecular complexity index is 994. The lowest BCUT2D eigenvalue weighted by Crippen LogP contribution is -2.51. The number of nitriles is 1. The highest BCUT2D eigenvalue weighted by Crippen LogP contribution is 2.48. The molecule has 1 saturated heterocycles. The van der Waals surface area contributed by atoms with Gasteiger partial charge in [-0.25, -0.2) is 0 Å². The van der Waals surface area contributed by atoms with Gasteiger partial charge >= 0.3 is 0 Å². The van der Waals surface area contributed by atoms with Gasteiger partial charge < -0.3 is 20.1 Å². The fourth-order valence-electron chi connectivity index (χ4n) is 4.71. The quantitative estimate of drug-likeness (QED) is 0.730. The molecular formula is C25H29N3O3. The lowest BCUT2D eigenvalue weighted by molar-refractivity contribution is 0.0652. The Morgan fingerprint density at radius 1 is 1.29 bits per heavy atom. The second-order valence-electron chi connectivity index (χ2n) is 8.91. The topological polar surface area (TPSA) is 83.4 Å².